The molecule has 0 amide bonds. The van der Waals surface area contributed by atoms with Crippen molar-refractivity contribution in [1.82, 2.24) is 5.32 Å². The molecular weight excluding hydrogens is 251 g/mol. The Kier molecular flexibility index (Phi) is 5.69. The van der Waals surface area contributed by atoms with E-state index in [1.54, 1.807) is 6.92 Å². The van der Waals surface area contributed by atoms with Gasteiger partial charge in [-0.3, -0.25) is 10.1 Å². The maximum Gasteiger partial charge on any atom is 0.275 e. The second-order valence-corrected chi connectivity index (χ2v) is 4.64. The van der Waals surface area contributed by atoms with E-state index < -0.39 is 10.7 Å². The van der Waals surface area contributed by atoms with E-state index >= 15 is 0 Å². The largest absolute Gasteiger partial charge is 0.490 e. The Morgan fingerprint density at radius 1 is 1.47 bits per heavy atom. The molecule has 1 rings (SSSR count). The van der Waals surface area contributed by atoms with Crippen LogP contribution in [0.15, 0.2) is 12.1 Å². The highest BCUT2D eigenvalue weighted by Crippen LogP contribution is 2.26. The van der Waals surface area contributed by atoms with Crippen LogP contribution in [-0.2, 0) is 0 Å². The molecule has 0 heterocycles. The summed E-state index contributed by atoms with van der Waals surface area (Å²) >= 11 is 0. The van der Waals surface area contributed by atoms with Crippen molar-refractivity contribution in [2.24, 2.45) is 0 Å². The van der Waals surface area contributed by atoms with E-state index in [1.807, 2.05) is 13.8 Å². The maximum absolute atomic E-state index is 13.6. The minimum atomic E-state index is -0.700. The molecule has 0 bridgehead atoms. The fraction of sp³-hybridized carbons (Fsp3) is 0.538. The molecule has 0 unspecified atom stereocenters. The molecule has 0 aliphatic rings. The molecule has 0 aliphatic carbocycles. The van der Waals surface area contributed by atoms with E-state index in [4.69, 9.17) is 4.74 Å². The summed E-state index contributed by atoms with van der Waals surface area (Å²) in [6.45, 7) is 6.80. The van der Waals surface area contributed by atoms with Gasteiger partial charge in [0.15, 0.2) is 11.6 Å². The number of benzene rings is 1. The summed E-state index contributed by atoms with van der Waals surface area (Å²) in [5, 5.41) is 13.9. The van der Waals surface area contributed by atoms with Gasteiger partial charge < -0.3 is 10.1 Å². The highest BCUT2D eigenvalue weighted by Gasteiger charge is 2.16. The van der Waals surface area contributed by atoms with Crippen LogP contribution in [0.2, 0.25) is 0 Å². The van der Waals surface area contributed by atoms with Crippen LogP contribution in [0.25, 0.3) is 0 Å². The van der Waals surface area contributed by atoms with Crippen LogP contribution in [0.1, 0.15) is 25.8 Å². The summed E-state index contributed by atoms with van der Waals surface area (Å²) < 4.78 is 18.9. The molecule has 0 spiro atoms. The van der Waals surface area contributed by atoms with Gasteiger partial charge in [-0.15, -0.1) is 0 Å². The van der Waals surface area contributed by atoms with Gasteiger partial charge in [-0.2, -0.15) is 0 Å². The SMILES string of the molecule is Cc1cc(OCCCNC(C)C)c(F)cc1[N+](=O)[O-]. The molecular formula is C13H19FN2O3. The van der Waals surface area contributed by atoms with Crippen molar-refractivity contribution in [2.75, 3.05) is 13.2 Å². The molecule has 0 aromatic heterocycles. The quantitative estimate of drug-likeness (QED) is 0.470. The predicted octanol–water partition coefficient (Wildman–Crippen LogP) is 2.81. The summed E-state index contributed by atoms with van der Waals surface area (Å²) in [6, 6.07) is 2.67. The third kappa shape index (κ3) is 4.82. The van der Waals surface area contributed by atoms with Crippen LogP contribution in [0.3, 0.4) is 0 Å². The number of nitro groups is 1. The summed E-state index contributed by atoms with van der Waals surface area (Å²) in [4.78, 5) is 10.0. The topological polar surface area (TPSA) is 64.4 Å². The standard InChI is InChI=1S/C13H19FN2O3/c1-9(2)15-5-4-6-19-13-7-10(3)12(16(17)18)8-11(13)14/h7-9,15H,4-6H2,1-3H3. The van der Waals surface area contributed by atoms with Gasteiger partial charge in [0.2, 0.25) is 0 Å². The van der Waals surface area contributed by atoms with Crippen LogP contribution in [0, 0.1) is 22.9 Å². The first kappa shape index (κ1) is 15.4. The zero-order chi connectivity index (χ0) is 14.4. The van der Waals surface area contributed by atoms with E-state index in [-0.39, 0.29) is 11.4 Å². The molecule has 0 fully saturated rings. The summed E-state index contributed by atoms with van der Waals surface area (Å²) in [5.41, 5.74) is 0.160. The molecule has 1 aromatic carbocycles. The average molecular weight is 270 g/mol. The van der Waals surface area contributed by atoms with Crippen LogP contribution in [0.5, 0.6) is 5.75 Å². The van der Waals surface area contributed by atoms with Crippen molar-refractivity contribution in [3.05, 3.63) is 33.6 Å². The molecule has 0 saturated carbocycles. The zero-order valence-corrected chi connectivity index (χ0v) is 11.4. The molecule has 106 valence electrons. The number of nitro benzene ring substituents is 1. The zero-order valence-electron chi connectivity index (χ0n) is 11.4. The average Bonchev–Trinajstić information content (AvgIpc) is 2.31. The molecule has 1 aromatic rings. The summed E-state index contributed by atoms with van der Waals surface area (Å²) in [6.07, 6.45) is 0.744. The fourth-order valence-corrected chi connectivity index (χ4v) is 1.60. The Balaban J connectivity index is 2.55. The van der Waals surface area contributed by atoms with Gasteiger partial charge in [0.05, 0.1) is 17.6 Å². The molecule has 0 atom stereocenters. The number of hydrogen-bond donors (Lipinski definition) is 1. The second kappa shape index (κ2) is 7.04. The molecule has 0 aliphatic heterocycles. The summed E-state index contributed by atoms with van der Waals surface area (Å²) in [7, 11) is 0. The number of aryl methyl sites for hydroxylation is 1. The van der Waals surface area contributed by atoms with Crippen molar-refractivity contribution >= 4 is 5.69 Å². The van der Waals surface area contributed by atoms with Gasteiger partial charge in [0.1, 0.15) is 0 Å². The Bertz CT molecular complexity index is 450. The van der Waals surface area contributed by atoms with Crippen molar-refractivity contribution in [1.29, 1.82) is 0 Å². The van der Waals surface area contributed by atoms with Crippen LogP contribution in [-0.4, -0.2) is 24.1 Å². The van der Waals surface area contributed by atoms with Gasteiger partial charge in [0.25, 0.3) is 5.69 Å². The number of nitrogens with one attached hydrogen (secondary N) is 1. The van der Waals surface area contributed by atoms with Gasteiger partial charge in [0, 0.05) is 11.6 Å². The lowest BCUT2D eigenvalue weighted by atomic mass is 10.2. The summed E-state index contributed by atoms with van der Waals surface area (Å²) in [5.74, 6) is -0.637. The van der Waals surface area contributed by atoms with Crippen molar-refractivity contribution in [2.45, 2.75) is 33.2 Å². The van der Waals surface area contributed by atoms with E-state index in [0.717, 1.165) is 19.0 Å². The Hall–Kier alpha value is -1.69. The van der Waals surface area contributed by atoms with Gasteiger partial charge in [-0.25, -0.2) is 4.39 Å². The lowest BCUT2D eigenvalue weighted by molar-refractivity contribution is -0.385. The highest BCUT2D eigenvalue weighted by atomic mass is 19.1. The Labute approximate surface area is 111 Å². The molecule has 19 heavy (non-hydrogen) atoms. The maximum atomic E-state index is 13.6. The van der Waals surface area contributed by atoms with Crippen molar-refractivity contribution in [3.8, 4) is 5.75 Å². The fourth-order valence-electron chi connectivity index (χ4n) is 1.60. The molecule has 0 radical (unpaired) electrons. The van der Waals surface area contributed by atoms with Crippen molar-refractivity contribution < 1.29 is 14.1 Å². The number of ether oxygens (including phenoxy) is 1. The second-order valence-electron chi connectivity index (χ2n) is 4.64. The van der Waals surface area contributed by atoms with Gasteiger partial charge >= 0.3 is 0 Å². The van der Waals surface area contributed by atoms with E-state index in [9.17, 15) is 14.5 Å². The Morgan fingerprint density at radius 2 is 2.16 bits per heavy atom. The molecule has 6 heteroatoms. The van der Waals surface area contributed by atoms with Crippen LogP contribution >= 0.6 is 0 Å². The normalized spacial score (nSPS) is 10.8. The van der Waals surface area contributed by atoms with Gasteiger partial charge in [-0.05, 0) is 26.0 Å². The molecule has 5 nitrogen and oxygen atoms in total. The number of rotatable bonds is 7. The first-order valence-corrected chi connectivity index (χ1v) is 6.22. The first-order chi connectivity index (χ1) is 8.91. The lowest BCUT2D eigenvalue weighted by Crippen LogP contribution is -2.24. The van der Waals surface area contributed by atoms with E-state index in [1.165, 1.54) is 6.07 Å². The monoisotopic (exact) mass is 270 g/mol. The van der Waals surface area contributed by atoms with Crippen LogP contribution < -0.4 is 10.1 Å². The van der Waals surface area contributed by atoms with E-state index in [0.29, 0.717) is 18.2 Å². The number of halogens is 1. The third-order valence-electron chi connectivity index (χ3n) is 2.58. The minimum absolute atomic E-state index is 0.0626. The predicted molar refractivity (Wildman–Crippen MR) is 71.0 cm³/mol. The minimum Gasteiger partial charge on any atom is -0.490 e. The lowest BCUT2D eigenvalue weighted by Gasteiger charge is -2.10. The molecule has 1 N–H and O–H groups in total. The van der Waals surface area contributed by atoms with Gasteiger partial charge in [-0.1, -0.05) is 13.8 Å². The van der Waals surface area contributed by atoms with Crippen molar-refractivity contribution in [3.63, 3.8) is 0 Å². The smallest absolute Gasteiger partial charge is 0.275 e. The highest BCUT2D eigenvalue weighted by molar-refractivity contribution is 5.45. The third-order valence-corrected chi connectivity index (χ3v) is 2.58. The van der Waals surface area contributed by atoms with E-state index in [2.05, 4.69) is 5.32 Å². The molecule has 0 saturated heterocycles. The van der Waals surface area contributed by atoms with Crippen LogP contribution in [0.4, 0.5) is 10.1 Å². The number of hydrogen-bond acceptors (Lipinski definition) is 4. The number of nitrogens with zero attached hydrogens (tertiary/aromatic N) is 1. The first-order valence-electron chi connectivity index (χ1n) is 6.22. The Morgan fingerprint density at radius 3 is 2.74 bits per heavy atom.